The van der Waals surface area contributed by atoms with E-state index in [-0.39, 0.29) is 18.6 Å². The van der Waals surface area contributed by atoms with E-state index >= 15 is 0 Å². The lowest BCUT2D eigenvalue weighted by Crippen LogP contribution is -2.37. The van der Waals surface area contributed by atoms with Crippen molar-refractivity contribution in [3.63, 3.8) is 0 Å². The molecule has 14 heavy (non-hydrogen) atoms. The number of rotatable bonds is 6. The fourth-order valence-electron chi connectivity index (χ4n) is 1.22. The highest BCUT2D eigenvalue weighted by Gasteiger charge is 2.17. The smallest absolute Gasteiger partial charge is 0.246 e. The lowest BCUT2D eigenvalue weighted by atomic mass is 10.2. The van der Waals surface area contributed by atoms with Gasteiger partial charge in [0.05, 0.1) is 25.9 Å². The summed E-state index contributed by atoms with van der Waals surface area (Å²) < 4.78 is 15.0. The zero-order valence-corrected chi connectivity index (χ0v) is 8.45. The van der Waals surface area contributed by atoms with Gasteiger partial charge in [0.2, 0.25) is 5.91 Å². The summed E-state index contributed by atoms with van der Waals surface area (Å²) in [7, 11) is 1.60. The van der Waals surface area contributed by atoms with E-state index in [0.717, 1.165) is 13.0 Å². The summed E-state index contributed by atoms with van der Waals surface area (Å²) in [6.07, 6.45) is 0.893. The summed E-state index contributed by atoms with van der Waals surface area (Å²) in [5, 5.41) is 2.83. The molecule has 1 fully saturated rings. The van der Waals surface area contributed by atoms with Crippen LogP contribution in [-0.2, 0) is 19.0 Å². The number of methoxy groups -OCH3 is 1. The molecule has 1 heterocycles. The van der Waals surface area contributed by atoms with Crippen LogP contribution in [0.5, 0.6) is 0 Å². The van der Waals surface area contributed by atoms with Crippen LogP contribution in [-0.4, -0.2) is 52.1 Å². The molecule has 0 saturated carbocycles. The molecule has 5 nitrogen and oxygen atoms in total. The van der Waals surface area contributed by atoms with Gasteiger partial charge < -0.3 is 19.5 Å². The molecule has 0 radical (unpaired) electrons. The SMILES string of the molecule is COCCOCC(=O)NC1CCOC1. The van der Waals surface area contributed by atoms with Gasteiger partial charge in [-0.1, -0.05) is 0 Å². The number of hydrogen-bond acceptors (Lipinski definition) is 4. The van der Waals surface area contributed by atoms with Gasteiger partial charge in [-0.25, -0.2) is 0 Å². The van der Waals surface area contributed by atoms with Crippen molar-refractivity contribution < 1.29 is 19.0 Å². The number of hydrogen-bond donors (Lipinski definition) is 1. The van der Waals surface area contributed by atoms with Gasteiger partial charge in [0.25, 0.3) is 0 Å². The van der Waals surface area contributed by atoms with Crippen molar-refractivity contribution in [2.24, 2.45) is 0 Å². The second kappa shape index (κ2) is 6.75. The molecule has 82 valence electrons. The molecule has 5 heteroatoms. The predicted octanol–water partition coefficient (Wildman–Crippen LogP) is -0.445. The van der Waals surface area contributed by atoms with E-state index in [9.17, 15) is 4.79 Å². The average molecular weight is 203 g/mol. The Bertz CT molecular complexity index is 168. The Balaban J connectivity index is 1.98. The van der Waals surface area contributed by atoms with Crippen molar-refractivity contribution >= 4 is 5.91 Å². The molecular formula is C9H17NO4. The van der Waals surface area contributed by atoms with Crippen molar-refractivity contribution in [2.45, 2.75) is 12.5 Å². The molecule has 1 unspecified atom stereocenters. The summed E-state index contributed by atoms with van der Waals surface area (Å²) in [6.45, 7) is 2.41. The summed E-state index contributed by atoms with van der Waals surface area (Å²) in [5.74, 6) is -0.0865. The fourth-order valence-corrected chi connectivity index (χ4v) is 1.22. The van der Waals surface area contributed by atoms with E-state index < -0.39 is 0 Å². The summed E-state index contributed by atoms with van der Waals surface area (Å²) in [4.78, 5) is 11.2. The lowest BCUT2D eigenvalue weighted by molar-refractivity contribution is -0.126. The topological polar surface area (TPSA) is 56.8 Å². The van der Waals surface area contributed by atoms with Crippen LogP contribution in [0.1, 0.15) is 6.42 Å². The molecule has 1 aliphatic rings. The predicted molar refractivity (Wildman–Crippen MR) is 50.1 cm³/mol. The standard InChI is InChI=1S/C9H17NO4/c1-12-4-5-14-7-9(11)10-8-2-3-13-6-8/h8H,2-7H2,1H3,(H,10,11). The first-order valence-corrected chi connectivity index (χ1v) is 4.76. The molecule has 1 saturated heterocycles. The Kier molecular flexibility index (Phi) is 5.51. The number of amides is 1. The minimum atomic E-state index is -0.0865. The number of ether oxygens (including phenoxy) is 3. The van der Waals surface area contributed by atoms with Crippen LogP contribution in [0.15, 0.2) is 0 Å². The molecular weight excluding hydrogens is 186 g/mol. The third-order valence-corrected chi connectivity index (χ3v) is 1.96. The highest BCUT2D eigenvalue weighted by atomic mass is 16.5. The zero-order chi connectivity index (χ0) is 10.2. The van der Waals surface area contributed by atoms with E-state index in [1.54, 1.807) is 7.11 Å². The van der Waals surface area contributed by atoms with Gasteiger partial charge in [-0.15, -0.1) is 0 Å². The third kappa shape index (κ3) is 4.55. The van der Waals surface area contributed by atoms with Gasteiger partial charge in [-0.2, -0.15) is 0 Å². The first-order valence-electron chi connectivity index (χ1n) is 4.76. The highest BCUT2D eigenvalue weighted by Crippen LogP contribution is 2.02. The average Bonchev–Trinajstić information content (AvgIpc) is 2.65. The van der Waals surface area contributed by atoms with Crippen molar-refractivity contribution in [1.82, 2.24) is 5.32 Å². The zero-order valence-electron chi connectivity index (χ0n) is 8.45. The molecule has 1 aliphatic heterocycles. The molecule has 0 bridgehead atoms. The fraction of sp³-hybridized carbons (Fsp3) is 0.889. The van der Waals surface area contributed by atoms with E-state index in [1.165, 1.54) is 0 Å². The van der Waals surface area contributed by atoms with Gasteiger partial charge in [-0.3, -0.25) is 4.79 Å². The second-order valence-electron chi connectivity index (χ2n) is 3.17. The van der Waals surface area contributed by atoms with E-state index in [4.69, 9.17) is 14.2 Å². The minimum Gasteiger partial charge on any atom is -0.382 e. The first kappa shape index (κ1) is 11.4. The van der Waals surface area contributed by atoms with Crippen LogP contribution >= 0.6 is 0 Å². The van der Waals surface area contributed by atoms with Crippen LogP contribution in [0.2, 0.25) is 0 Å². The quantitative estimate of drug-likeness (QED) is 0.594. The van der Waals surface area contributed by atoms with Crippen LogP contribution in [0, 0.1) is 0 Å². The maximum Gasteiger partial charge on any atom is 0.246 e. The second-order valence-corrected chi connectivity index (χ2v) is 3.17. The van der Waals surface area contributed by atoms with Crippen molar-refractivity contribution in [3.05, 3.63) is 0 Å². The third-order valence-electron chi connectivity index (χ3n) is 1.96. The summed E-state index contributed by atoms with van der Waals surface area (Å²) in [6, 6.07) is 0.161. The van der Waals surface area contributed by atoms with Gasteiger partial charge in [0.15, 0.2) is 0 Å². The summed E-state index contributed by atoms with van der Waals surface area (Å²) >= 11 is 0. The molecule has 0 aromatic rings. The van der Waals surface area contributed by atoms with Crippen molar-refractivity contribution in [2.75, 3.05) is 40.1 Å². The molecule has 1 rings (SSSR count). The van der Waals surface area contributed by atoms with Crippen LogP contribution in [0.25, 0.3) is 0 Å². The van der Waals surface area contributed by atoms with Gasteiger partial charge >= 0.3 is 0 Å². The van der Waals surface area contributed by atoms with Gasteiger partial charge in [0, 0.05) is 13.7 Å². The Hall–Kier alpha value is -0.650. The number of carbonyl (C=O) groups is 1. The number of carbonyl (C=O) groups excluding carboxylic acids is 1. The van der Waals surface area contributed by atoms with E-state index in [2.05, 4.69) is 5.32 Å². The first-order chi connectivity index (χ1) is 6.83. The Labute approximate surface area is 83.7 Å². The molecule has 0 spiro atoms. The molecule has 0 aliphatic carbocycles. The maximum atomic E-state index is 11.2. The Morgan fingerprint density at radius 2 is 2.43 bits per heavy atom. The lowest BCUT2D eigenvalue weighted by Gasteiger charge is -2.10. The van der Waals surface area contributed by atoms with E-state index in [1.807, 2.05) is 0 Å². The normalized spacial score (nSPS) is 21.1. The summed E-state index contributed by atoms with van der Waals surface area (Å²) in [5.41, 5.74) is 0. The maximum absolute atomic E-state index is 11.2. The highest BCUT2D eigenvalue weighted by molar-refractivity contribution is 5.77. The van der Waals surface area contributed by atoms with Gasteiger partial charge in [-0.05, 0) is 6.42 Å². The molecule has 1 N–H and O–H groups in total. The molecule has 1 atom stereocenters. The number of nitrogens with one attached hydrogen (secondary N) is 1. The monoisotopic (exact) mass is 203 g/mol. The minimum absolute atomic E-state index is 0.0865. The van der Waals surface area contributed by atoms with Crippen LogP contribution in [0.3, 0.4) is 0 Å². The van der Waals surface area contributed by atoms with Gasteiger partial charge in [0.1, 0.15) is 6.61 Å². The van der Waals surface area contributed by atoms with Crippen LogP contribution < -0.4 is 5.32 Å². The Morgan fingerprint density at radius 1 is 1.57 bits per heavy atom. The molecule has 1 amide bonds. The molecule has 0 aromatic carbocycles. The van der Waals surface area contributed by atoms with Crippen molar-refractivity contribution in [3.8, 4) is 0 Å². The van der Waals surface area contributed by atoms with Crippen LogP contribution in [0.4, 0.5) is 0 Å². The largest absolute Gasteiger partial charge is 0.382 e. The molecule has 0 aromatic heterocycles. The van der Waals surface area contributed by atoms with Crippen molar-refractivity contribution in [1.29, 1.82) is 0 Å². The van der Waals surface area contributed by atoms with E-state index in [0.29, 0.717) is 19.8 Å². The Morgan fingerprint density at radius 3 is 3.07 bits per heavy atom.